The van der Waals surface area contributed by atoms with Crippen LogP contribution in [0.1, 0.15) is 0 Å². The van der Waals surface area contributed by atoms with Crippen molar-refractivity contribution >= 4 is 38.4 Å². The van der Waals surface area contributed by atoms with Gasteiger partial charge < -0.3 is 10.2 Å². The molecule has 2 nitrogen and oxygen atoms in total. The molecular formula is C16H11NO. The van der Waals surface area contributed by atoms with Crippen molar-refractivity contribution < 1.29 is 4.42 Å². The van der Waals surface area contributed by atoms with Gasteiger partial charge in [0.1, 0.15) is 11.2 Å². The maximum absolute atomic E-state index is 5.86. The molecule has 0 radical (unpaired) electrons. The van der Waals surface area contributed by atoms with Crippen molar-refractivity contribution in [1.82, 2.24) is 0 Å². The van der Waals surface area contributed by atoms with Crippen LogP contribution in [0.2, 0.25) is 0 Å². The first-order valence-electron chi connectivity index (χ1n) is 5.92. The molecule has 0 atom stereocenters. The standard InChI is InChI=1S/C16H11NO/c17-11-6-7-12-10(9-11)5-8-15-16(12)13-3-1-2-4-14(13)18-15/h1-9H,17H2. The summed E-state index contributed by atoms with van der Waals surface area (Å²) in [5.74, 6) is 0. The molecule has 0 saturated carbocycles. The lowest BCUT2D eigenvalue weighted by Gasteiger charge is -2.00. The third-order valence-corrected chi connectivity index (χ3v) is 3.38. The Morgan fingerprint density at radius 1 is 0.778 bits per heavy atom. The molecule has 1 aromatic heterocycles. The fourth-order valence-corrected chi connectivity index (χ4v) is 2.57. The van der Waals surface area contributed by atoms with Gasteiger partial charge in [0.2, 0.25) is 0 Å². The van der Waals surface area contributed by atoms with Gasteiger partial charge in [0, 0.05) is 16.5 Å². The first-order chi connectivity index (χ1) is 8.83. The topological polar surface area (TPSA) is 39.2 Å². The highest BCUT2D eigenvalue weighted by Crippen LogP contribution is 2.34. The van der Waals surface area contributed by atoms with Crippen LogP contribution in [0.3, 0.4) is 0 Å². The number of fused-ring (bicyclic) bond motifs is 5. The summed E-state index contributed by atoms with van der Waals surface area (Å²) in [4.78, 5) is 0. The number of furan rings is 1. The fraction of sp³-hybridized carbons (Fsp3) is 0. The molecule has 0 saturated heterocycles. The summed E-state index contributed by atoms with van der Waals surface area (Å²) in [7, 11) is 0. The van der Waals surface area contributed by atoms with Crippen molar-refractivity contribution in [2.75, 3.05) is 5.73 Å². The third kappa shape index (κ3) is 1.17. The zero-order valence-corrected chi connectivity index (χ0v) is 9.68. The average Bonchev–Trinajstić information content (AvgIpc) is 2.77. The average molecular weight is 233 g/mol. The first-order valence-corrected chi connectivity index (χ1v) is 5.92. The number of hydrogen-bond acceptors (Lipinski definition) is 2. The first kappa shape index (κ1) is 9.54. The summed E-state index contributed by atoms with van der Waals surface area (Å²) in [6.07, 6.45) is 0. The molecule has 0 amide bonds. The SMILES string of the molecule is Nc1ccc2c(ccc3oc4ccccc4c32)c1. The Hall–Kier alpha value is -2.48. The Balaban J connectivity index is 2.32. The van der Waals surface area contributed by atoms with Crippen molar-refractivity contribution in [1.29, 1.82) is 0 Å². The number of benzene rings is 3. The van der Waals surface area contributed by atoms with E-state index in [0.29, 0.717) is 0 Å². The monoisotopic (exact) mass is 233 g/mol. The van der Waals surface area contributed by atoms with Gasteiger partial charge in [-0.3, -0.25) is 0 Å². The number of hydrogen-bond donors (Lipinski definition) is 1. The van der Waals surface area contributed by atoms with Crippen LogP contribution in [0.4, 0.5) is 5.69 Å². The van der Waals surface area contributed by atoms with Crippen LogP contribution in [0.5, 0.6) is 0 Å². The van der Waals surface area contributed by atoms with E-state index in [2.05, 4.69) is 18.2 Å². The molecule has 18 heavy (non-hydrogen) atoms. The third-order valence-electron chi connectivity index (χ3n) is 3.38. The van der Waals surface area contributed by atoms with E-state index < -0.39 is 0 Å². The Bertz CT molecular complexity index is 889. The van der Waals surface area contributed by atoms with Gasteiger partial charge in [-0.25, -0.2) is 0 Å². The minimum Gasteiger partial charge on any atom is -0.456 e. The summed E-state index contributed by atoms with van der Waals surface area (Å²) in [6.45, 7) is 0. The Kier molecular flexibility index (Phi) is 1.73. The Labute approximate surface area is 104 Å². The molecule has 2 heteroatoms. The van der Waals surface area contributed by atoms with Gasteiger partial charge in [-0.1, -0.05) is 30.3 Å². The van der Waals surface area contributed by atoms with E-state index in [1.54, 1.807) is 0 Å². The summed E-state index contributed by atoms with van der Waals surface area (Å²) in [5, 5.41) is 4.66. The van der Waals surface area contributed by atoms with Gasteiger partial charge in [-0.2, -0.15) is 0 Å². The smallest absolute Gasteiger partial charge is 0.136 e. The zero-order chi connectivity index (χ0) is 12.1. The molecule has 3 aromatic carbocycles. The van der Waals surface area contributed by atoms with Gasteiger partial charge in [-0.05, 0) is 35.0 Å². The van der Waals surface area contributed by atoms with Crippen LogP contribution in [0.15, 0.2) is 59.0 Å². The lowest BCUT2D eigenvalue weighted by molar-refractivity contribution is 0.669. The van der Waals surface area contributed by atoms with Gasteiger partial charge in [0.25, 0.3) is 0 Å². The van der Waals surface area contributed by atoms with Crippen molar-refractivity contribution in [3.63, 3.8) is 0 Å². The molecule has 0 aliphatic rings. The molecule has 2 N–H and O–H groups in total. The van der Waals surface area contributed by atoms with E-state index in [9.17, 15) is 0 Å². The molecule has 86 valence electrons. The molecular weight excluding hydrogens is 222 g/mol. The molecule has 4 rings (SSSR count). The predicted molar refractivity (Wildman–Crippen MR) is 75.6 cm³/mol. The van der Waals surface area contributed by atoms with E-state index in [1.165, 1.54) is 10.8 Å². The zero-order valence-electron chi connectivity index (χ0n) is 9.68. The Morgan fingerprint density at radius 3 is 2.61 bits per heavy atom. The van der Waals surface area contributed by atoms with Crippen molar-refractivity contribution in [3.05, 3.63) is 54.6 Å². The van der Waals surface area contributed by atoms with Gasteiger partial charge in [0.05, 0.1) is 0 Å². The number of nitrogens with two attached hydrogens (primary N) is 1. The van der Waals surface area contributed by atoms with E-state index in [-0.39, 0.29) is 0 Å². The second-order valence-corrected chi connectivity index (χ2v) is 4.52. The highest BCUT2D eigenvalue weighted by Gasteiger charge is 2.09. The maximum Gasteiger partial charge on any atom is 0.136 e. The van der Waals surface area contributed by atoms with Crippen molar-refractivity contribution in [3.8, 4) is 0 Å². The number of para-hydroxylation sites is 1. The molecule has 0 unspecified atom stereocenters. The molecule has 0 fully saturated rings. The molecule has 0 aliphatic heterocycles. The van der Waals surface area contributed by atoms with Crippen molar-refractivity contribution in [2.45, 2.75) is 0 Å². The summed E-state index contributed by atoms with van der Waals surface area (Å²) in [6, 6.07) is 18.2. The quantitative estimate of drug-likeness (QED) is 0.459. The fourth-order valence-electron chi connectivity index (χ4n) is 2.57. The van der Waals surface area contributed by atoms with E-state index >= 15 is 0 Å². The lowest BCUT2D eigenvalue weighted by atomic mass is 10.0. The number of anilines is 1. The second-order valence-electron chi connectivity index (χ2n) is 4.52. The largest absolute Gasteiger partial charge is 0.456 e. The molecule has 4 aromatic rings. The van der Waals surface area contributed by atoms with Crippen molar-refractivity contribution in [2.24, 2.45) is 0 Å². The second kappa shape index (κ2) is 3.26. The molecule has 0 bridgehead atoms. The normalized spacial score (nSPS) is 11.6. The van der Waals surface area contributed by atoms with Gasteiger partial charge in [0.15, 0.2) is 0 Å². The highest BCUT2D eigenvalue weighted by atomic mass is 16.3. The minimum atomic E-state index is 0.787. The lowest BCUT2D eigenvalue weighted by Crippen LogP contribution is -1.83. The number of nitrogen functional groups attached to an aromatic ring is 1. The summed E-state index contributed by atoms with van der Waals surface area (Å²) >= 11 is 0. The molecule has 1 heterocycles. The van der Waals surface area contributed by atoms with E-state index in [0.717, 1.165) is 27.6 Å². The van der Waals surface area contributed by atoms with Crippen LogP contribution in [0.25, 0.3) is 32.7 Å². The van der Waals surface area contributed by atoms with E-state index in [1.807, 2.05) is 36.4 Å². The maximum atomic E-state index is 5.86. The van der Waals surface area contributed by atoms with Gasteiger partial charge in [-0.15, -0.1) is 0 Å². The highest BCUT2D eigenvalue weighted by molar-refractivity contribution is 6.18. The Morgan fingerprint density at radius 2 is 1.67 bits per heavy atom. The number of rotatable bonds is 0. The summed E-state index contributed by atoms with van der Waals surface area (Å²) in [5.41, 5.74) is 8.47. The minimum absolute atomic E-state index is 0.787. The van der Waals surface area contributed by atoms with Crippen LogP contribution >= 0.6 is 0 Å². The summed E-state index contributed by atoms with van der Waals surface area (Å²) < 4.78 is 5.86. The molecule has 0 aliphatic carbocycles. The van der Waals surface area contributed by atoms with E-state index in [4.69, 9.17) is 10.2 Å². The van der Waals surface area contributed by atoms with Gasteiger partial charge >= 0.3 is 0 Å². The van der Waals surface area contributed by atoms with Crippen LogP contribution in [-0.4, -0.2) is 0 Å². The predicted octanol–water partition coefficient (Wildman–Crippen LogP) is 4.32. The molecule has 0 spiro atoms. The van der Waals surface area contributed by atoms with Crippen LogP contribution < -0.4 is 5.73 Å². The van der Waals surface area contributed by atoms with Crippen LogP contribution in [-0.2, 0) is 0 Å². The van der Waals surface area contributed by atoms with Crippen LogP contribution in [0, 0.1) is 0 Å².